The van der Waals surface area contributed by atoms with Crippen molar-refractivity contribution < 1.29 is 36.3 Å². The Bertz CT molecular complexity index is 1760. The van der Waals surface area contributed by atoms with Crippen LogP contribution >= 0.6 is 11.6 Å². The van der Waals surface area contributed by atoms with Gasteiger partial charge in [0, 0.05) is 30.6 Å². The number of alkyl halides is 5. The van der Waals surface area contributed by atoms with Crippen molar-refractivity contribution in [3.8, 4) is 5.69 Å². The van der Waals surface area contributed by atoms with E-state index in [4.69, 9.17) is 16.7 Å². The summed E-state index contributed by atoms with van der Waals surface area (Å²) in [5.74, 6) is -3.96. The molecule has 0 aliphatic carbocycles. The summed E-state index contributed by atoms with van der Waals surface area (Å²) in [6, 6.07) is 16.2. The molecule has 4 aromatic rings. The number of amides is 3. The number of nitrogens with one attached hydrogen (secondary N) is 1. The van der Waals surface area contributed by atoms with Gasteiger partial charge in [0.1, 0.15) is 17.7 Å². The van der Waals surface area contributed by atoms with E-state index in [1.807, 2.05) is 0 Å². The van der Waals surface area contributed by atoms with Gasteiger partial charge in [-0.05, 0) is 55.0 Å². The van der Waals surface area contributed by atoms with Crippen LogP contribution in [0.1, 0.15) is 45.6 Å². The second-order valence-electron chi connectivity index (χ2n) is 10.6. The van der Waals surface area contributed by atoms with Crippen LogP contribution in [0.25, 0.3) is 5.69 Å². The van der Waals surface area contributed by atoms with Crippen LogP contribution < -0.4 is 10.2 Å². The van der Waals surface area contributed by atoms with E-state index in [1.54, 1.807) is 37.3 Å². The third kappa shape index (κ3) is 6.32. The number of nitrogens with zero attached hydrogens (tertiary/aromatic N) is 4. The molecule has 1 aromatic heterocycles. The molecule has 8 nitrogen and oxygen atoms in total. The fourth-order valence-corrected chi connectivity index (χ4v) is 5.67. The van der Waals surface area contributed by atoms with Gasteiger partial charge in [0.25, 0.3) is 23.4 Å². The molecular formula is C32H27ClF5N5O3. The van der Waals surface area contributed by atoms with Gasteiger partial charge >= 0.3 is 6.18 Å². The van der Waals surface area contributed by atoms with Gasteiger partial charge in [-0.1, -0.05) is 48.0 Å². The zero-order valence-corrected chi connectivity index (χ0v) is 25.2. The highest BCUT2D eigenvalue weighted by Gasteiger charge is 2.46. The van der Waals surface area contributed by atoms with E-state index in [1.165, 1.54) is 34.8 Å². The third-order valence-corrected chi connectivity index (χ3v) is 7.83. The van der Waals surface area contributed by atoms with E-state index in [-0.39, 0.29) is 30.2 Å². The Kier molecular flexibility index (Phi) is 9.15. The Morgan fingerprint density at radius 3 is 2.33 bits per heavy atom. The molecule has 0 spiro atoms. The van der Waals surface area contributed by atoms with Crippen LogP contribution in [0.3, 0.4) is 0 Å². The fraction of sp³-hybridized carbons (Fsp3) is 0.250. The van der Waals surface area contributed by atoms with E-state index in [0.717, 1.165) is 29.2 Å². The Balaban J connectivity index is 1.71. The van der Waals surface area contributed by atoms with Crippen LogP contribution in [-0.4, -0.2) is 57.7 Å². The number of carbonyl (C=O) groups is 3. The van der Waals surface area contributed by atoms with E-state index >= 15 is 0 Å². The van der Waals surface area contributed by atoms with Crippen molar-refractivity contribution in [3.05, 3.63) is 113 Å². The summed E-state index contributed by atoms with van der Waals surface area (Å²) in [5, 5.41) is 7.34. The first-order chi connectivity index (χ1) is 21.8. The highest BCUT2D eigenvalue weighted by Crippen LogP contribution is 2.44. The third-order valence-electron chi connectivity index (χ3n) is 7.64. The minimum absolute atomic E-state index is 0.0822. The lowest BCUT2D eigenvalue weighted by Gasteiger charge is -2.38. The molecule has 0 radical (unpaired) electrons. The first kappa shape index (κ1) is 32.6. The van der Waals surface area contributed by atoms with Gasteiger partial charge < -0.3 is 10.2 Å². The van der Waals surface area contributed by atoms with Crippen molar-refractivity contribution in [1.82, 2.24) is 20.0 Å². The first-order valence-electron chi connectivity index (χ1n) is 14.1. The molecule has 0 saturated carbocycles. The summed E-state index contributed by atoms with van der Waals surface area (Å²) in [4.78, 5) is 42.6. The molecule has 14 heteroatoms. The summed E-state index contributed by atoms with van der Waals surface area (Å²) in [7, 11) is 1.32. The molecule has 0 saturated heterocycles. The van der Waals surface area contributed by atoms with E-state index in [9.17, 15) is 36.3 Å². The summed E-state index contributed by atoms with van der Waals surface area (Å²) < 4.78 is 69.7. The summed E-state index contributed by atoms with van der Waals surface area (Å²) in [6.07, 6.45) is -4.71. The minimum atomic E-state index is -4.71. The number of likely N-dealkylation sites (N-methyl/N-ethyl adjacent to an activating group) is 1. The normalized spacial score (nSPS) is 17.0. The topological polar surface area (TPSA) is 87.5 Å². The van der Waals surface area contributed by atoms with Crippen LogP contribution in [0.15, 0.2) is 78.9 Å². The quantitative estimate of drug-likeness (QED) is 0.191. The van der Waals surface area contributed by atoms with Gasteiger partial charge in [-0.2, -0.15) is 18.3 Å². The summed E-state index contributed by atoms with van der Waals surface area (Å²) >= 11 is 5.43. The maximum absolute atomic E-state index is 14.3. The number of hydrogen-bond donors (Lipinski definition) is 1. The zero-order chi connectivity index (χ0) is 33.3. The number of halogens is 6. The van der Waals surface area contributed by atoms with Crippen LogP contribution in [-0.2, 0) is 22.3 Å². The molecule has 3 atom stereocenters. The van der Waals surface area contributed by atoms with Gasteiger partial charge in [0.2, 0.25) is 0 Å². The lowest BCUT2D eigenvalue weighted by Crippen LogP contribution is -2.55. The molecule has 1 N–H and O–H groups in total. The Morgan fingerprint density at radius 1 is 1.04 bits per heavy atom. The summed E-state index contributed by atoms with van der Waals surface area (Å²) in [5.41, 5.74) is -2.25. The second-order valence-corrected chi connectivity index (χ2v) is 11.0. The second kappa shape index (κ2) is 12.9. The van der Waals surface area contributed by atoms with Gasteiger partial charge in [0.05, 0.1) is 23.5 Å². The number of carbonyl (C=O) groups excluding carboxylic acids is 3. The fourth-order valence-electron chi connectivity index (χ4n) is 5.50. The first-order valence-corrected chi connectivity index (χ1v) is 14.5. The zero-order valence-electron chi connectivity index (χ0n) is 24.4. The molecule has 5 rings (SSSR count). The lowest BCUT2D eigenvalue weighted by atomic mass is 9.80. The molecule has 46 heavy (non-hydrogen) atoms. The molecule has 0 bridgehead atoms. The van der Waals surface area contributed by atoms with Crippen molar-refractivity contribution in [3.63, 3.8) is 0 Å². The van der Waals surface area contributed by atoms with Gasteiger partial charge in [-0.3, -0.25) is 19.3 Å². The molecule has 1 unspecified atom stereocenters. The Morgan fingerprint density at radius 2 is 1.72 bits per heavy atom. The summed E-state index contributed by atoms with van der Waals surface area (Å²) in [6.45, 7) is 1.50. The largest absolute Gasteiger partial charge is 0.416 e. The predicted molar refractivity (Wildman–Crippen MR) is 160 cm³/mol. The van der Waals surface area contributed by atoms with E-state index < -0.39 is 52.9 Å². The average molecular weight is 660 g/mol. The Hall–Kier alpha value is -4.78. The van der Waals surface area contributed by atoms with Gasteiger partial charge in [0.15, 0.2) is 0 Å². The monoisotopic (exact) mass is 659 g/mol. The van der Waals surface area contributed by atoms with Crippen LogP contribution in [0.2, 0.25) is 0 Å². The van der Waals surface area contributed by atoms with Crippen LogP contribution in [0.4, 0.5) is 27.8 Å². The number of hydrogen-bond acceptors (Lipinski definition) is 4. The average Bonchev–Trinajstić information content (AvgIpc) is 3.39. The highest BCUT2D eigenvalue weighted by molar-refractivity contribution is 6.29. The lowest BCUT2D eigenvalue weighted by molar-refractivity contribution is -0.137. The van der Waals surface area contributed by atoms with E-state index in [2.05, 4.69) is 5.32 Å². The van der Waals surface area contributed by atoms with E-state index in [0.29, 0.717) is 22.9 Å². The number of aromatic nitrogens is 2. The maximum Gasteiger partial charge on any atom is 0.416 e. The number of fused-ring (bicyclic) bond motifs is 1. The Labute approximate surface area is 265 Å². The van der Waals surface area contributed by atoms with Crippen molar-refractivity contribution in [1.29, 1.82) is 0 Å². The molecule has 3 amide bonds. The van der Waals surface area contributed by atoms with Crippen molar-refractivity contribution in [2.75, 3.05) is 18.5 Å². The molecule has 0 fully saturated rings. The number of para-hydroxylation sites is 1. The van der Waals surface area contributed by atoms with Crippen molar-refractivity contribution in [2.45, 2.75) is 37.2 Å². The van der Waals surface area contributed by atoms with Crippen molar-refractivity contribution in [2.24, 2.45) is 0 Å². The number of rotatable bonds is 8. The van der Waals surface area contributed by atoms with Gasteiger partial charge in [-0.15, -0.1) is 0 Å². The van der Waals surface area contributed by atoms with Crippen LogP contribution in [0.5, 0.6) is 0 Å². The van der Waals surface area contributed by atoms with Gasteiger partial charge in [-0.25, -0.2) is 13.5 Å². The molecule has 1 aliphatic rings. The molecule has 1 aliphatic heterocycles. The number of anilines is 1. The molecular weight excluding hydrogens is 633 g/mol. The predicted octanol–water partition coefficient (Wildman–Crippen LogP) is 5.82. The van der Waals surface area contributed by atoms with Crippen molar-refractivity contribution >= 4 is 35.1 Å². The smallest absolute Gasteiger partial charge is 0.339 e. The highest BCUT2D eigenvalue weighted by atomic mass is 35.5. The van der Waals surface area contributed by atoms with Crippen LogP contribution in [0, 0.1) is 5.82 Å². The molecule has 2 heterocycles. The number of benzene rings is 3. The maximum atomic E-state index is 14.3. The SMILES string of the molecule is CCN1C(=O)[C@@H](NC(=O)c2cccc(C(F)(F)F)c2)[C@@H](c2ccc(F)cc2)c2c(CN(C)C(=O)C(F)Cl)nn(-c3ccccc3)c21. The standard InChI is InChI=1S/C32H27ClF5N5O3/c1-3-42-29-25(23(17-41(2)31(46)27(33)35)40-43(29)22-10-5-4-6-11-22)24(18-12-14-21(34)15-13-18)26(30(42)45)39-28(44)19-8-7-9-20(16-19)32(36,37)38/h4-16,24,26-27H,3,17H2,1-2H3,(H,39,44)/t24-,26-,27?/m0/s1. The molecule has 3 aromatic carbocycles. The molecule has 240 valence electrons. The minimum Gasteiger partial charge on any atom is -0.339 e.